The number of methoxy groups -OCH3 is 2. The van der Waals surface area contributed by atoms with Gasteiger partial charge in [0.2, 0.25) is 0 Å². The van der Waals surface area contributed by atoms with Gasteiger partial charge in [0.05, 0.1) is 14.2 Å². The minimum atomic E-state index is -2.54. The van der Waals surface area contributed by atoms with Crippen LogP contribution in [-0.4, -0.2) is 14.2 Å². The Labute approximate surface area is 151 Å². The van der Waals surface area contributed by atoms with Gasteiger partial charge in [0.15, 0.2) is 0 Å². The molecule has 2 rings (SSSR count). The molecule has 0 saturated carbocycles. The van der Waals surface area contributed by atoms with Gasteiger partial charge in [0.1, 0.15) is 23.0 Å². The standard InChI is InChI=1S/C14H14IO4PS2/c1-16-11-3-7-13(8-4-11)18-20(21,22-15)19-14-9-5-12(17-2)6-10-14/h3-10H,1-2H3. The van der Waals surface area contributed by atoms with E-state index in [0.29, 0.717) is 11.5 Å². The molecule has 2 aromatic carbocycles. The smallest absolute Gasteiger partial charge is 0.358 e. The Morgan fingerprint density at radius 2 is 1.09 bits per heavy atom. The first-order chi connectivity index (χ1) is 10.6. The molecule has 118 valence electrons. The van der Waals surface area contributed by atoms with Gasteiger partial charge in [0.25, 0.3) is 0 Å². The van der Waals surface area contributed by atoms with E-state index in [9.17, 15) is 0 Å². The van der Waals surface area contributed by atoms with Crippen LogP contribution in [0.25, 0.3) is 0 Å². The summed E-state index contributed by atoms with van der Waals surface area (Å²) in [6.45, 7) is 0. The van der Waals surface area contributed by atoms with Gasteiger partial charge < -0.3 is 18.5 Å². The lowest BCUT2D eigenvalue weighted by Gasteiger charge is -2.20. The maximum absolute atomic E-state index is 5.88. The zero-order chi connectivity index (χ0) is 16.0. The zero-order valence-corrected chi connectivity index (χ0v) is 16.6. The highest BCUT2D eigenvalue weighted by Gasteiger charge is 2.23. The van der Waals surface area contributed by atoms with Crippen LogP contribution in [-0.2, 0) is 11.8 Å². The molecule has 0 aromatic heterocycles. The predicted molar refractivity (Wildman–Crippen MR) is 103 cm³/mol. The monoisotopic (exact) mass is 468 g/mol. The summed E-state index contributed by atoms with van der Waals surface area (Å²) in [5.41, 5.74) is -2.54. The second-order valence-electron chi connectivity index (χ2n) is 4.05. The highest BCUT2D eigenvalue weighted by atomic mass is 127. The zero-order valence-electron chi connectivity index (χ0n) is 11.9. The van der Waals surface area contributed by atoms with Crippen LogP contribution in [0, 0.1) is 0 Å². The fourth-order valence-electron chi connectivity index (χ4n) is 1.58. The van der Waals surface area contributed by atoms with E-state index in [1.54, 1.807) is 14.2 Å². The maximum Gasteiger partial charge on any atom is 0.358 e. The number of hydrogen-bond donors (Lipinski definition) is 0. The SMILES string of the molecule is COc1ccc(OP(=S)(Oc2ccc(OC)cc2)SI)cc1. The van der Waals surface area contributed by atoms with Gasteiger partial charge in [-0.05, 0) is 48.5 Å². The van der Waals surface area contributed by atoms with Crippen LogP contribution in [0.5, 0.6) is 23.0 Å². The van der Waals surface area contributed by atoms with E-state index in [0.717, 1.165) is 11.5 Å². The van der Waals surface area contributed by atoms with Crippen molar-refractivity contribution < 1.29 is 18.5 Å². The van der Waals surface area contributed by atoms with Crippen molar-refractivity contribution in [3.8, 4) is 23.0 Å². The maximum atomic E-state index is 5.88. The van der Waals surface area contributed by atoms with Crippen molar-refractivity contribution in [3.05, 3.63) is 48.5 Å². The fraction of sp³-hybridized carbons (Fsp3) is 0.143. The molecule has 0 aliphatic carbocycles. The fourth-order valence-corrected chi connectivity index (χ4v) is 5.08. The third-order valence-corrected chi connectivity index (χ3v) is 12.8. The molecular formula is C14H14IO4PS2. The highest BCUT2D eigenvalue weighted by molar-refractivity contribution is 14.2. The van der Waals surface area contributed by atoms with Gasteiger partial charge in [0, 0.05) is 41.6 Å². The molecule has 0 N–H and O–H groups in total. The summed E-state index contributed by atoms with van der Waals surface area (Å²) in [4.78, 5) is 0. The van der Waals surface area contributed by atoms with Crippen molar-refractivity contribution in [3.63, 3.8) is 0 Å². The van der Waals surface area contributed by atoms with E-state index in [2.05, 4.69) is 21.2 Å². The normalized spacial score (nSPS) is 10.9. The van der Waals surface area contributed by atoms with Crippen molar-refractivity contribution in [1.82, 2.24) is 0 Å². The number of ether oxygens (including phenoxy) is 2. The minimum absolute atomic E-state index is 0.654. The molecule has 0 bridgehead atoms. The first-order valence-corrected chi connectivity index (χ1v) is 12.8. The topological polar surface area (TPSA) is 36.9 Å². The van der Waals surface area contributed by atoms with E-state index in [-0.39, 0.29) is 0 Å². The average Bonchev–Trinajstić information content (AvgIpc) is 2.56. The van der Waals surface area contributed by atoms with Crippen LogP contribution in [0.3, 0.4) is 0 Å². The van der Waals surface area contributed by atoms with Gasteiger partial charge in [-0.1, -0.05) is 0 Å². The number of benzene rings is 2. The Balaban J connectivity index is 2.11. The molecule has 0 unspecified atom stereocenters. The van der Waals surface area contributed by atoms with E-state index in [4.69, 9.17) is 30.3 Å². The first kappa shape index (κ1) is 17.7. The average molecular weight is 468 g/mol. The van der Waals surface area contributed by atoms with E-state index in [1.807, 2.05) is 48.5 Å². The van der Waals surface area contributed by atoms with Crippen LogP contribution in [0.2, 0.25) is 0 Å². The van der Waals surface area contributed by atoms with Gasteiger partial charge in [-0.25, -0.2) is 0 Å². The summed E-state index contributed by atoms with van der Waals surface area (Å²) < 4.78 is 22.0. The summed E-state index contributed by atoms with van der Waals surface area (Å²) in [5, 5.41) is 0. The molecule has 0 aliphatic heterocycles. The van der Waals surface area contributed by atoms with E-state index >= 15 is 0 Å². The second kappa shape index (κ2) is 8.29. The van der Waals surface area contributed by atoms with Crippen molar-refractivity contribution in [2.45, 2.75) is 0 Å². The largest absolute Gasteiger partial charge is 0.497 e. The van der Waals surface area contributed by atoms with Crippen LogP contribution >= 0.6 is 35.5 Å². The molecule has 2 aromatic rings. The molecule has 22 heavy (non-hydrogen) atoms. The van der Waals surface area contributed by atoms with Crippen molar-refractivity contribution >= 4 is 47.3 Å². The Morgan fingerprint density at radius 1 is 0.773 bits per heavy atom. The Morgan fingerprint density at radius 3 is 1.36 bits per heavy atom. The summed E-state index contributed by atoms with van der Waals surface area (Å²) in [6, 6.07) is 14.5. The van der Waals surface area contributed by atoms with Crippen LogP contribution in [0.1, 0.15) is 0 Å². The Kier molecular flexibility index (Phi) is 6.67. The second-order valence-corrected chi connectivity index (χ2v) is 13.0. The molecule has 0 atom stereocenters. The highest BCUT2D eigenvalue weighted by Crippen LogP contribution is 2.63. The van der Waals surface area contributed by atoms with Gasteiger partial charge in [-0.15, -0.1) is 0 Å². The summed E-state index contributed by atoms with van der Waals surface area (Å²) in [5.74, 6) is 2.83. The third kappa shape index (κ3) is 4.94. The third-order valence-electron chi connectivity index (χ3n) is 2.64. The van der Waals surface area contributed by atoms with Gasteiger partial charge in [-0.2, -0.15) is 0 Å². The van der Waals surface area contributed by atoms with Gasteiger partial charge in [-0.3, -0.25) is 0 Å². The lowest BCUT2D eigenvalue weighted by atomic mass is 10.3. The van der Waals surface area contributed by atoms with Crippen molar-refractivity contribution in [2.24, 2.45) is 0 Å². The molecular weight excluding hydrogens is 454 g/mol. The van der Waals surface area contributed by atoms with Crippen molar-refractivity contribution in [2.75, 3.05) is 14.2 Å². The molecule has 0 fully saturated rings. The molecule has 0 heterocycles. The predicted octanol–water partition coefficient (Wildman–Crippen LogP) is 5.47. The lowest BCUT2D eigenvalue weighted by molar-refractivity contribution is 0.413. The minimum Gasteiger partial charge on any atom is -0.497 e. The molecule has 8 heteroatoms. The summed E-state index contributed by atoms with van der Waals surface area (Å²) in [7, 11) is 4.61. The molecule has 0 amide bonds. The Bertz CT molecular complexity index is 595. The number of halogens is 1. The first-order valence-electron chi connectivity index (χ1n) is 6.16. The molecule has 0 radical (unpaired) electrons. The summed E-state index contributed by atoms with van der Waals surface area (Å²) in [6.07, 6.45) is 0. The van der Waals surface area contributed by atoms with Crippen LogP contribution < -0.4 is 18.5 Å². The van der Waals surface area contributed by atoms with Crippen LogP contribution in [0.15, 0.2) is 48.5 Å². The number of hydrogen-bond acceptors (Lipinski definition) is 6. The van der Waals surface area contributed by atoms with E-state index in [1.165, 1.54) is 8.55 Å². The molecule has 0 saturated heterocycles. The van der Waals surface area contributed by atoms with Crippen molar-refractivity contribution in [1.29, 1.82) is 0 Å². The quantitative estimate of drug-likeness (QED) is 0.397. The van der Waals surface area contributed by atoms with E-state index < -0.39 is 5.69 Å². The lowest BCUT2D eigenvalue weighted by Crippen LogP contribution is -1.96. The Hall–Kier alpha value is -0.630. The van der Waals surface area contributed by atoms with Gasteiger partial charge >= 0.3 is 5.69 Å². The summed E-state index contributed by atoms with van der Waals surface area (Å²) >= 11 is 7.66. The van der Waals surface area contributed by atoms with Crippen LogP contribution in [0.4, 0.5) is 0 Å². The molecule has 0 spiro atoms. The number of rotatable bonds is 7. The molecule has 0 aliphatic rings. The molecule has 4 nitrogen and oxygen atoms in total.